The van der Waals surface area contributed by atoms with Gasteiger partial charge in [0.2, 0.25) is 0 Å². The Balaban J connectivity index is 2.07. The van der Waals surface area contributed by atoms with Crippen molar-refractivity contribution >= 4 is 50.5 Å². The monoisotopic (exact) mass is 409 g/mol. The summed E-state index contributed by atoms with van der Waals surface area (Å²) < 4.78 is 6.35. The van der Waals surface area contributed by atoms with E-state index in [1.807, 2.05) is 0 Å². The fourth-order valence-electron chi connectivity index (χ4n) is 1.37. The van der Waals surface area contributed by atoms with E-state index >= 15 is 0 Å². The largest absolute Gasteiger partial charge is 0.428 e. The van der Waals surface area contributed by atoms with E-state index in [1.165, 1.54) is 11.3 Å². The van der Waals surface area contributed by atoms with Gasteiger partial charge in [0.05, 0.1) is 16.6 Å². The number of ether oxygens (including phenoxy) is 1. The number of hydrogen-bond donors (Lipinski definition) is 1. The van der Waals surface area contributed by atoms with Gasteiger partial charge in [-0.05, 0) is 42.8 Å². The Labute approximate surface area is 145 Å². The van der Waals surface area contributed by atoms with Crippen molar-refractivity contribution < 1.29 is 4.74 Å². The molecule has 0 saturated heterocycles. The summed E-state index contributed by atoms with van der Waals surface area (Å²) in [5, 5.41) is 13.7. The molecule has 0 aliphatic rings. The first-order valence-corrected chi connectivity index (χ1v) is 8.51. The summed E-state index contributed by atoms with van der Waals surface area (Å²) >= 11 is 16.8. The molecule has 0 amide bonds. The molecule has 0 spiro atoms. The normalized spacial score (nSPS) is 11.7. The van der Waals surface area contributed by atoms with Crippen LogP contribution in [-0.4, -0.2) is 15.7 Å². The van der Waals surface area contributed by atoms with Crippen LogP contribution in [0, 0.1) is 0 Å². The van der Waals surface area contributed by atoms with Gasteiger partial charge in [-0.15, -0.1) is 5.10 Å². The molecule has 0 saturated carbocycles. The molecule has 0 bridgehead atoms. The van der Waals surface area contributed by atoms with Gasteiger partial charge >= 0.3 is 0 Å². The lowest BCUT2D eigenvalue weighted by Crippen LogP contribution is -2.35. The Morgan fingerprint density at radius 3 is 2.62 bits per heavy atom. The molecule has 0 fully saturated rings. The second-order valence-electron chi connectivity index (χ2n) is 5.36. The minimum Gasteiger partial charge on any atom is -0.428 e. The summed E-state index contributed by atoms with van der Waals surface area (Å²) in [4.78, 5) is 0. The van der Waals surface area contributed by atoms with Crippen LogP contribution in [-0.2, 0) is 6.54 Å². The Hall–Kier alpha value is -0.400. The van der Waals surface area contributed by atoms with Gasteiger partial charge in [0.1, 0.15) is 5.01 Å². The number of benzene rings is 1. The average Bonchev–Trinajstić information content (AvgIpc) is 2.80. The van der Waals surface area contributed by atoms with Crippen LogP contribution in [0.15, 0.2) is 16.6 Å². The SMILES string of the molecule is CC(C)(C)NCc1nnc(Oc2cc(Cl)c(Br)cc2Cl)s1. The van der Waals surface area contributed by atoms with Gasteiger partial charge in [-0.3, -0.25) is 0 Å². The van der Waals surface area contributed by atoms with Crippen molar-refractivity contribution in [2.75, 3.05) is 0 Å². The van der Waals surface area contributed by atoms with Crippen molar-refractivity contribution in [3.63, 3.8) is 0 Å². The van der Waals surface area contributed by atoms with E-state index in [1.54, 1.807) is 12.1 Å². The van der Waals surface area contributed by atoms with Crippen LogP contribution in [0.3, 0.4) is 0 Å². The van der Waals surface area contributed by atoms with Gasteiger partial charge in [-0.25, -0.2) is 0 Å². The molecule has 0 atom stereocenters. The first kappa shape index (κ1) is 17.0. The van der Waals surface area contributed by atoms with Gasteiger partial charge < -0.3 is 10.1 Å². The zero-order valence-electron chi connectivity index (χ0n) is 11.7. The molecule has 21 heavy (non-hydrogen) atoms. The van der Waals surface area contributed by atoms with Crippen LogP contribution in [0.1, 0.15) is 25.8 Å². The van der Waals surface area contributed by atoms with Gasteiger partial charge in [0.15, 0.2) is 5.75 Å². The molecule has 1 aromatic heterocycles. The van der Waals surface area contributed by atoms with Crippen molar-refractivity contribution in [1.82, 2.24) is 15.5 Å². The molecule has 2 rings (SSSR count). The third-order valence-corrected chi connectivity index (χ3v) is 4.68. The van der Waals surface area contributed by atoms with E-state index in [-0.39, 0.29) is 5.54 Å². The molecule has 1 heterocycles. The van der Waals surface area contributed by atoms with Crippen LogP contribution < -0.4 is 10.1 Å². The van der Waals surface area contributed by atoms with Gasteiger partial charge in [-0.2, -0.15) is 0 Å². The lowest BCUT2D eigenvalue weighted by atomic mass is 10.1. The molecular weight excluding hydrogens is 397 g/mol. The molecule has 1 N–H and O–H groups in total. The number of nitrogens with zero attached hydrogens (tertiary/aromatic N) is 2. The minimum absolute atomic E-state index is 0.0230. The molecule has 0 aliphatic heterocycles. The van der Waals surface area contributed by atoms with Crippen LogP contribution in [0.4, 0.5) is 0 Å². The highest BCUT2D eigenvalue weighted by Gasteiger charge is 2.13. The number of nitrogens with one attached hydrogen (secondary N) is 1. The second-order valence-corrected chi connectivity index (χ2v) is 8.06. The zero-order valence-corrected chi connectivity index (χ0v) is 15.6. The maximum Gasteiger partial charge on any atom is 0.299 e. The second kappa shape index (κ2) is 6.79. The van der Waals surface area contributed by atoms with Gasteiger partial charge in [0, 0.05) is 16.1 Å². The number of halogens is 3. The van der Waals surface area contributed by atoms with Gasteiger partial charge in [-0.1, -0.05) is 39.6 Å². The highest BCUT2D eigenvalue weighted by atomic mass is 79.9. The van der Waals surface area contributed by atoms with Crippen molar-refractivity contribution in [1.29, 1.82) is 0 Å². The minimum atomic E-state index is 0.0230. The van der Waals surface area contributed by atoms with Crippen LogP contribution in [0.2, 0.25) is 10.0 Å². The predicted molar refractivity (Wildman–Crippen MR) is 90.7 cm³/mol. The Morgan fingerprint density at radius 1 is 1.24 bits per heavy atom. The number of rotatable bonds is 4. The third-order valence-electron chi connectivity index (χ3n) is 2.39. The molecular formula is C13H14BrCl2N3OS. The van der Waals surface area contributed by atoms with E-state index in [9.17, 15) is 0 Å². The van der Waals surface area contributed by atoms with E-state index < -0.39 is 0 Å². The van der Waals surface area contributed by atoms with E-state index in [0.29, 0.717) is 32.0 Å². The summed E-state index contributed by atoms with van der Waals surface area (Å²) in [6.45, 7) is 6.92. The van der Waals surface area contributed by atoms with E-state index in [4.69, 9.17) is 27.9 Å². The van der Waals surface area contributed by atoms with Crippen LogP contribution in [0.5, 0.6) is 10.9 Å². The topological polar surface area (TPSA) is 47.0 Å². The lowest BCUT2D eigenvalue weighted by Gasteiger charge is -2.19. The van der Waals surface area contributed by atoms with Crippen LogP contribution >= 0.6 is 50.5 Å². The fourth-order valence-corrected chi connectivity index (χ4v) is 2.84. The molecule has 0 radical (unpaired) electrons. The average molecular weight is 411 g/mol. The Kier molecular flexibility index (Phi) is 5.48. The van der Waals surface area contributed by atoms with Crippen molar-refractivity contribution in [3.05, 3.63) is 31.7 Å². The summed E-state index contributed by atoms with van der Waals surface area (Å²) in [5.74, 6) is 0.455. The maximum absolute atomic E-state index is 6.11. The van der Waals surface area contributed by atoms with E-state index in [0.717, 1.165) is 5.01 Å². The quantitative estimate of drug-likeness (QED) is 0.695. The summed E-state index contributed by atoms with van der Waals surface area (Å²) in [6.07, 6.45) is 0. The van der Waals surface area contributed by atoms with Crippen molar-refractivity contribution in [2.45, 2.75) is 32.9 Å². The summed E-state index contributed by atoms with van der Waals surface area (Å²) in [6, 6.07) is 3.32. The molecule has 0 aliphatic carbocycles. The van der Waals surface area contributed by atoms with Crippen LogP contribution in [0.25, 0.3) is 0 Å². The Morgan fingerprint density at radius 2 is 1.95 bits per heavy atom. The maximum atomic E-state index is 6.11. The fraction of sp³-hybridized carbons (Fsp3) is 0.385. The lowest BCUT2D eigenvalue weighted by molar-refractivity contribution is 0.423. The molecule has 0 unspecified atom stereocenters. The first-order chi connectivity index (χ1) is 9.74. The predicted octanol–water partition coefficient (Wildman–Crippen LogP) is 5.29. The highest BCUT2D eigenvalue weighted by molar-refractivity contribution is 9.10. The first-order valence-electron chi connectivity index (χ1n) is 6.14. The van der Waals surface area contributed by atoms with E-state index in [2.05, 4.69) is 52.2 Å². The smallest absolute Gasteiger partial charge is 0.299 e. The highest BCUT2D eigenvalue weighted by Crippen LogP contribution is 2.37. The molecule has 114 valence electrons. The molecule has 4 nitrogen and oxygen atoms in total. The van der Waals surface area contributed by atoms with Crippen molar-refractivity contribution in [2.24, 2.45) is 0 Å². The molecule has 2 aromatic rings. The summed E-state index contributed by atoms with van der Waals surface area (Å²) in [5.41, 5.74) is 0.0230. The third kappa shape index (κ3) is 5.07. The standard InChI is InChI=1S/C13H14BrCl2N3OS/c1-13(2,3)17-6-11-18-19-12(21-11)20-10-5-8(15)7(14)4-9(10)16/h4-5,17H,6H2,1-3H3. The number of hydrogen-bond acceptors (Lipinski definition) is 5. The number of aromatic nitrogens is 2. The van der Waals surface area contributed by atoms with Gasteiger partial charge in [0.25, 0.3) is 5.19 Å². The van der Waals surface area contributed by atoms with Crippen molar-refractivity contribution in [3.8, 4) is 10.9 Å². The molecule has 1 aromatic carbocycles. The Bertz CT molecular complexity index is 643. The zero-order chi connectivity index (χ0) is 15.6. The summed E-state index contributed by atoms with van der Waals surface area (Å²) in [7, 11) is 0. The molecule has 8 heteroatoms.